The number of ketones is 1. The molecule has 1 aliphatic carbocycles. The number of Topliss-reactive ketones (excluding diaryl/α,β-unsaturated/α-hetero) is 1. The molecule has 1 aliphatic heterocycles. The monoisotopic (exact) mass is 397 g/mol. The van der Waals surface area contributed by atoms with E-state index in [1.165, 1.54) is 0 Å². The first kappa shape index (κ1) is 17.8. The summed E-state index contributed by atoms with van der Waals surface area (Å²) in [5.41, 5.74) is 5.39. The average molecular weight is 397 g/mol. The molecular formula is C25H19NO2S. The molecule has 0 saturated heterocycles. The molecule has 142 valence electrons. The van der Waals surface area contributed by atoms with E-state index >= 15 is 0 Å². The van der Waals surface area contributed by atoms with Crippen LogP contribution in [0.3, 0.4) is 0 Å². The Labute approximate surface area is 174 Å². The number of nitrogens with one attached hydrogen (secondary N) is 1. The highest BCUT2D eigenvalue weighted by atomic mass is 32.2. The molecule has 5 rings (SSSR count). The van der Waals surface area contributed by atoms with Crippen LogP contribution in [0.25, 0.3) is 5.70 Å². The van der Waals surface area contributed by atoms with Gasteiger partial charge in [0.05, 0.1) is 16.6 Å². The van der Waals surface area contributed by atoms with Crippen molar-refractivity contribution in [3.63, 3.8) is 0 Å². The predicted octanol–water partition coefficient (Wildman–Crippen LogP) is 6.12. The lowest BCUT2D eigenvalue weighted by molar-refractivity contribution is 0.103. The maximum absolute atomic E-state index is 13.5. The van der Waals surface area contributed by atoms with Gasteiger partial charge in [0.25, 0.3) is 0 Å². The summed E-state index contributed by atoms with van der Waals surface area (Å²) in [6, 6.07) is 23.9. The minimum Gasteiger partial charge on any atom is -0.489 e. The summed E-state index contributed by atoms with van der Waals surface area (Å²) in [5.74, 6) is 0.854. The van der Waals surface area contributed by atoms with Gasteiger partial charge in [-0.05, 0) is 18.2 Å². The van der Waals surface area contributed by atoms with E-state index in [0.29, 0.717) is 6.61 Å². The predicted molar refractivity (Wildman–Crippen MR) is 118 cm³/mol. The first-order valence-electron chi connectivity index (χ1n) is 9.51. The number of ether oxygens (including phenoxy) is 1. The Hall–Kier alpha value is -3.24. The highest BCUT2D eigenvalue weighted by Crippen LogP contribution is 2.53. The molecule has 0 radical (unpaired) electrons. The molecule has 1 N–H and O–H groups in total. The number of fused-ring (bicyclic) bond motifs is 3. The summed E-state index contributed by atoms with van der Waals surface area (Å²) in [6.07, 6.45) is 1.73. The van der Waals surface area contributed by atoms with E-state index < -0.39 is 0 Å². The van der Waals surface area contributed by atoms with Crippen molar-refractivity contribution >= 4 is 28.9 Å². The van der Waals surface area contributed by atoms with Crippen LogP contribution in [0.15, 0.2) is 95.9 Å². The normalized spacial score (nSPS) is 17.0. The van der Waals surface area contributed by atoms with Crippen LogP contribution in [-0.2, 0) is 0 Å². The minimum absolute atomic E-state index is 0.0759. The lowest BCUT2D eigenvalue weighted by Gasteiger charge is -2.20. The maximum Gasteiger partial charge on any atom is 0.193 e. The SMILES string of the molecule is C=CCOc1ccccc1[C@H]1Sc2ccccc2NC2=C1C(=O)c1ccccc12. The number of hydrogen-bond acceptors (Lipinski definition) is 4. The number of para-hydroxylation sites is 2. The van der Waals surface area contributed by atoms with Gasteiger partial charge in [0.15, 0.2) is 5.78 Å². The van der Waals surface area contributed by atoms with Crippen LogP contribution in [0.2, 0.25) is 0 Å². The molecule has 0 spiro atoms. The Morgan fingerprint density at radius 3 is 2.55 bits per heavy atom. The molecule has 0 fully saturated rings. The Morgan fingerprint density at radius 2 is 1.69 bits per heavy atom. The van der Waals surface area contributed by atoms with Crippen LogP contribution in [0.5, 0.6) is 5.75 Å². The van der Waals surface area contributed by atoms with Crippen molar-refractivity contribution < 1.29 is 9.53 Å². The van der Waals surface area contributed by atoms with Crippen molar-refractivity contribution in [2.24, 2.45) is 0 Å². The van der Waals surface area contributed by atoms with Gasteiger partial charge in [0.2, 0.25) is 0 Å². The zero-order valence-electron chi connectivity index (χ0n) is 15.7. The Balaban J connectivity index is 1.72. The van der Waals surface area contributed by atoms with E-state index in [2.05, 4.69) is 24.0 Å². The van der Waals surface area contributed by atoms with E-state index in [-0.39, 0.29) is 11.0 Å². The molecule has 3 nitrogen and oxygen atoms in total. The molecule has 0 aromatic heterocycles. The van der Waals surface area contributed by atoms with Crippen molar-refractivity contribution in [3.8, 4) is 5.75 Å². The Bertz CT molecular complexity index is 1160. The summed E-state index contributed by atoms with van der Waals surface area (Å²) in [7, 11) is 0. The smallest absolute Gasteiger partial charge is 0.193 e. The van der Waals surface area contributed by atoms with E-state index in [0.717, 1.165) is 44.3 Å². The largest absolute Gasteiger partial charge is 0.489 e. The van der Waals surface area contributed by atoms with Crippen molar-refractivity contribution in [1.29, 1.82) is 0 Å². The van der Waals surface area contributed by atoms with Crippen LogP contribution in [0.1, 0.15) is 26.7 Å². The Morgan fingerprint density at radius 1 is 0.966 bits per heavy atom. The fourth-order valence-corrected chi connectivity index (χ4v) is 5.20. The van der Waals surface area contributed by atoms with Crippen molar-refractivity contribution in [2.75, 3.05) is 11.9 Å². The second-order valence-electron chi connectivity index (χ2n) is 6.92. The molecule has 0 amide bonds. The molecular weight excluding hydrogens is 378 g/mol. The molecule has 0 bridgehead atoms. The van der Waals surface area contributed by atoms with E-state index in [4.69, 9.17) is 4.74 Å². The third-order valence-electron chi connectivity index (χ3n) is 5.17. The standard InChI is InChI=1S/C25H19NO2S/c1-2-15-28-20-13-7-5-11-18(20)25-22-23(16-9-3-4-10-17(16)24(22)27)26-19-12-6-8-14-21(19)29-25/h2-14,25-26H,1,15H2/t25-/m1/s1. The molecule has 29 heavy (non-hydrogen) atoms. The van der Waals surface area contributed by atoms with Gasteiger partial charge in [-0.1, -0.05) is 67.3 Å². The fourth-order valence-electron chi connectivity index (χ4n) is 3.88. The van der Waals surface area contributed by atoms with Crippen LogP contribution in [0.4, 0.5) is 5.69 Å². The zero-order chi connectivity index (χ0) is 19.8. The van der Waals surface area contributed by atoms with Gasteiger partial charge >= 0.3 is 0 Å². The van der Waals surface area contributed by atoms with Gasteiger partial charge in [0, 0.05) is 27.2 Å². The van der Waals surface area contributed by atoms with Gasteiger partial charge in [-0.15, -0.1) is 11.8 Å². The first-order valence-corrected chi connectivity index (χ1v) is 10.4. The summed E-state index contributed by atoms with van der Waals surface area (Å²) in [4.78, 5) is 14.6. The topological polar surface area (TPSA) is 38.3 Å². The summed E-state index contributed by atoms with van der Waals surface area (Å²) < 4.78 is 5.94. The molecule has 3 aromatic rings. The number of benzene rings is 3. The highest BCUT2D eigenvalue weighted by Gasteiger charge is 2.38. The van der Waals surface area contributed by atoms with Crippen molar-refractivity contribution in [1.82, 2.24) is 0 Å². The number of rotatable bonds is 4. The number of anilines is 1. The van der Waals surface area contributed by atoms with Crippen LogP contribution in [0, 0.1) is 0 Å². The van der Waals surface area contributed by atoms with Crippen LogP contribution >= 0.6 is 11.8 Å². The van der Waals surface area contributed by atoms with Gasteiger partial charge in [-0.25, -0.2) is 0 Å². The first-order chi connectivity index (χ1) is 14.3. The quantitative estimate of drug-likeness (QED) is 0.539. The van der Waals surface area contributed by atoms with Gasteiger partial charge in [-0.3, -0.25) is 4.79 Å². The third kappa shape index (κ3) is 2.97. The molecule has 0 saturated carbocycles. The van der Waals surface area contributed by atoms with Gasteiger partial charge in [-0.2, -0.15) is 0 Å². The van der Waals surface area contributed by atoms with E-state index in [1.807, 2.05) is 60.7 Å². The third-order valence-corrected chi connectivity index (χ3v) is 6.50. The lowest BCUT2D eigenvalue weighted by Crippen LogP contribution is -2.09. The summed E-state index contributed by atoms with van der Waals surface area (Å²) >= 11 is 1.68. The fraction of sp³-hybridized carbons (Fsp3) is 0.0800. The van der Waals surface area contributed by atoms with Gasteiger partial charge in [0.1, 0.15) is 12.4 Å². The number of hydrogen-bond donors (Lipinski definition) is 1. The second-order valence-corrected chi connectivity index (χ2v) is 8.07. The molecule has 1 heterocycles. The minimum atomic E-state index is -0.179. The van der Waals surface area contributed by atoms with E-state index in [9.17, 15) is 4.79 Å². The highest BCUT2D eigenvalue weighted by molar-refractivity contribution is 8.00. The number of thioether (sulfide) groups is 1. The molecule has 3 aromatic carbocycles. The molecule has 2 aliphatic rings. The van der Waals surface area contributed by atoms with Crippen molar-refractivity contribution in [3.05, 3.63) is 108 Å². The summed E-state index contributed by atoms with van der Waals surface area (Å²) in [5, 5.41) is 3.37. The Kier molecular flexibility index (Phi) is 4.49. The number of carbonyl (C=O) groups excluding carboxylic acids is 1. The molecule has 4 heteroatoms. The molecule has 1 atom stereocenters. The van der Waals surface area contributed by atoms with Crippen LogP contribution in [-0.4, -0.2) is 12.4 Å². The lowest BCUT2D eigenvalue weighted by atomic mass is 10.00. The number of carbonyl (C=O) groups is 1. The van der Waals surface area contributed by atoms with Crippen molar-refractivity contribution in [2.45, 2.75) is 10.1 Å². The second kappa shape index (κ2) is 7.30. The maximum atomic E-state index is 13.5. The van der Waals surface area contributed by atoms with Crippen LogP contribution < -0.4 is 10.1 Å². The van der Waals surface area contributed by atoms with Gasteiger partial charge < -0.3 is 10.1 Å². The zero-order valence-corrected chi connectivity index (χ0v) is 16.5. The summed E-state index contributed by atoms with van der Waals surface area (Å²) in [6.45, 7) is 4.17. The molecule has 0 unspecified atom stereocenters. The van der Waals surface area contributed by atoms with E-state index in [1.54, 1.807) is 17.8 Å². The average Bonchev–Trinajstić information content (AvgIpc) is 2.93.